The van der Waals surface area contributed by atoms with Crippen LogP contribution in [0.2, 0.25) is 0 Å². The van der Waals surface area contributed by atoms with E-state index in [2.05, 4.69) is 5.32 Å². The van der Waals surface area contributed by atoms with Crippen molar-refractivity contribution in [1.82, 2.24) is 5.32 Å². The van der Waals surface area contributed by atoms with Gasteiger partial charge in [0.25, 0.3) is 5.91 Å². The van der Waals surface area contributed by atoms with Gasteiger partial charge in [-0.25, -0.2) is 0 Å². The van der Waals surface area contributed by atoms with Crippen molar-refractivity contribution in [3.05, 3.63) is 29.8 Å². The Morgan fingerprint density at radius 1 is 1.30 bits per heavy atom. The smallest absolute Gasteiger partial charge is 0.261 e. The molecule has 3 unspecified atom stereocenters. The highest BCUT2D eigenvalue weighted by Crippen LogP contribution is 2.29. The van der Waals surface area contributed by atoms with Gasteiger partial charge < -0.3 is 10.1 Å². The number of rotatable bonds is 3. The Labute approximate surface area is 124 Å². The number of fused-ring (bicyclic) bond motifs is 1. The average molecular weight is 294 g/mol. The molecular weight excluding hydrogens is 274 g/mol. The summed E-state index contributed by atoms with van der Waals surface area (Å²) < 4.78 is 5.73. The third kappa shape index (κ3) is 2.78. The molecule has 1 N–H and O–H groups in total. The minimum absolute atomic E-state index is 0.00298. The third-order valence-corrected chi connectivity index (χ3v) is 4.77. The first-order valence-corrected chi connectivity index (χ1v) is 7.92. The van der Waals surface area contributed by atoms with E-state index < -0.39 is 0 Å². The van der Waals surface area contributed by atoms with E-state index in [1.807, 2.05) is 24.3 Å². The first-order valence-electron chi connectivity index (χ1n) is 7.39. The zero-order chi connectivity index (χ0) is 13.9. The minimum Gasteiger partial charge on any atom is -0.480 e. The van der Waals surface area contributed by atoms with Crippen LogP contribution in [0, 0.1) is 5.92 Å². The Morgan fingerprint density at radius 2 is 2.10 bits per heavy atom. The number of alkyl halides is 1. The van der Waals surface area contributed by atoms with Crippen LogP contribution in [0.25, 0.3) is 0 Å². The van der Waals surface area contributed by atoms with Crippen molar-refractivity contribution in [3.8, 4) is 5.75 Å². The van der Waals surface area contributed by atoms with Crippen LogP contribution in [-0.2, 0) is 11.2 Å². The molecule has 3 nitrogen and oxygen atoms in total. The second-order valence-electron chi connectivity index (χ2n) is 5.73. The number of hydrogen-bond acceptors (Lipinski definition) is 2. The molecule has 0 saturated heterocycles. The minimum atomic E-state index is -0.384. The van der Waals surface area contributed by atoms with Crippen molar-refractivity contribution in [3.63, 3.8) is 0 Å². The predicted molar refractivity (Wildman–Crippen MR) is 79.2 cm³/mol. The number of amides is 1. The van der Waals surface area contributed by atoms with E-state index in [4.69, 9.17) is 16.3 Å². The monoisotopic (exact) mass is 293 g/mol. The normalized spacial score (nSPS) is 28.6. The van der Waals surface area contributed by atoms with Gasteiger partial charge in [-0.2, -0.15) is 0 Å². The Morgan fingerprint density at radius 3 is 2.90 bits per heavy atom. The molecular formula is C16H20ClNO2. The Balaban J connectivity index is 1.60. The van der Waals surface area contributed by atoms with E-state index in [9.17, 15) is 4.79 Å². The van der Waals surface area contributed by atoms with Gasteiger partial charge in [-0.15, -0.1) is 11.6 Å². The SMILES string of the molecule is O=C(NC1CCCCC1CCl)C1Cc2ccccc2O1. The van der Waals surface area contributed by atoms with Gasteiger partial charge in [0, 0.05) is 18.3 Å². The van der Waals surface area contributed by atoms with Crippen LogP contribution < -0.4 is 10.1 Å². The molecule has 4 heteroatoms. The van der Waals surface area contributed by atoms with E-state index >= 15 is 0 Å². The summed E-state index contributed by atoms with van der Waals surface area (Å²) in [4.78, 5) is 12.4. The van der Waals surface area contributed by atoms with E-state index in [-0.39, 0.29) is 18.1 Å². The van der Waals surface area contributed by atoms with E-state index in [1.165, 1.54) is 12.8 Å². The number of benzene rings is 1. The molecule has 1 aromatic rings. The predicted octanol–water partition coefficient (Wildman–Crippen LogP) is 2.90. The first-order chi connectivity index (χ1) is 9.78. The maximum absolute atomic E-state index is 12.4. The number of para-hydroxylation sites is 1. The Kier molecular flexibility index (Phi) is 4.16. The molecule has 2 aliphatic rings. The summed E-state index contributed by atoms with van der Waals surface area (Å²) in [5.74, 6) is 1.86. The lowest BCUT2D eigenvalue weighted by Gasteiger charge is -2.31. The third-order valence-electron chi connectivity index (χ3n) is 4.37. The topological polar surface area (TPSA) is 38.3 Å². The zero-order valence-electron chi connectivity index (χ0n) is 11.5. The van der Waals surface area contributed by atoms with Crippen molar-refractivity contribution in [2.24, 2.45) is 5.92 Å². The van der Waals surface area contributed by atoms with Crippen LogP contribution in [0.15, 0.2) is 24.3 Å². The summed E-state index contributed by atoms with van der Waals surface area (Å²) >= 11 is 6.01. The van der Waals surface area contributed by atoms with Crippen molar-refractivity contribution in [2.75, 3.05) is 5.88 Å². The van der Waals surface area contributed by atoms with Crippen molar-refractivity contribution >= 4 is 17.5 Å². The van der Waals surface area contributed by atoms with Crippen LogP contribution >= 0.6 is 11.6 Å². The van der Waals surface area contributed by atoms with Gasteiger partial charge in [0.1, 0.15) is 5.75 Å². The second-order valence-corrected chi connectivity index (χ2v) is 6.04. The molecule has 1 aromatic carbocycles. The van der Waals surface area contributed by atoms with Gasteiger partial charge in [0.15, 0.2) is 6.10 Å². The highest BCUT2D eigenvalue weighted by atomic mass is 35.5. The molecule has 1 amide bonds. The van der Waals surface area contributed by atoms with Crippen molar-refractivity contribution in [1.29, 1.82) is 0 Å². The Hall–Kier alpha value is -1.22. The molecule has 3 rings (SSSR count). The average Bonchev–Trinajstić information content (AvgIpc) is 2.92. The summed E-state index contributed by atoms with van der Waals surface area (Å²) in [7, 11) is 0. The van der Waals surface area contributed by atoms with Crippen molar-refractivity contribution < 1.29 is 9.53 Å². The molecule has 20 heavy (non-hydrogen) atoms. The maximum Gasteiger partial charge on any atom is 0.261 e. The molecule has 1 saturated carbocycles. The quantitative estimate of drug-likeness (QED) is 0.870. The number of halogens is 1. The van der Waals surface area contributed by atoms with Crippen molar-refractivity contribution in [2.45, 2.75) is 44.2 Å². The standard InChI is InChI=1S/C16H20ClNO2/c17-10-12-6-1-3-7-13(12)18-16(19)15-9-11-5-2-4-8-14(11)20-15/h2,4-5,8,12-13,15H,1,3,6-7,9-10H2,(H,18,19). The second kappa shape index (κ2) is 6.04. The number of carbonyl (C=O) groups excluding carboxylic acids is 1. The van der Waals surface area contributed by atoms with Crippen LogP contribution in [0.1, 0.15) is 31.2 Å². The van der Waals surface area contributed by atoms with Gasteiger partial charge in [0.2, 0.25) is 0 Å². The lowest BCUT2D eigenvalue weighted by atomic mass is 9.85. The molecule has 108 valence electrons. The molecule has 3 atom stereocenters. The highest BCUT2D eigenvalue weighted by molar-refractivity contribution is 6.18. The number of carbonyl (C=O) groups is 1. The maximum atomic E-state index is 12.4. The summed E-state index contributed by atoms with van der Waals surface area (Å²) in [6, 6.07) is 8.06. The Bertz CT molecular complexity index is 466. The van der Waals surface area contributed by atoms with Crippen LogP contribution in [0.4, 0.5) is 0 Å². The molecule has 0 radical (unpaired) electrons. The van der Waals surface area contributed by atoms with Gasteiger partial charge in [-0.05, 0) is 30.4 Å². The van der Waals surface area contributed by atoms with Gasteiger partial charge in [0.05, 0.1) is 0 Å². The number of nitrogens with one attached hydrogen (secondary N) is 1. The summed E-state index contributed by atoms with van der Waals surface area (Å²) in [5.41, 5.74) is 1.12. The summed E-state index contributed by atoms with van der Waals surface area (Å²) in [6.45, 7) is 0. The van der Waals surface area contributed by atoms with E-state index in [0.717, 1.165) is 24.2 Å². The van der Waals surface area contributed by atoms with Gasteiger partial charge in [-0.1, -0.05) is 31.0 Å². The van der Waals surface area contributed by atoms with Gasteiger partial charge >= 0.3 is 0 Å². The molecule has 0 spiro atoms. The van der Waals surface area contributed by atoms with E-state index in [0.29, 0.717) is 18.2 Å². The molecule has 0 bridgehead atoms. The van der Waals surface area contributed by atoms with Crippen LogP contribution in [0.5, 0.6) is 5.75 Å². The largest absolute Gasteiger partial charge is 0.480 e. The molecule has 1 aliphatic carbocycles. The fraction of sp³-hybridized carbons (Fsp3) is 0.562. The number of hydrogen-bond donors (Lipinski definition) is 1. The van der Waals surface area contributed by atoms with Crippen LogP contribution in [-0.4, -0.2) is 23.9 Å². The lowest BCUT2D eigenvalue weighted by Crippen LogP contribution is -2.48. The molecule has 0 aromatic heterocycles. The molecule has 1 heterocycles. The number of ether oxygens (including phenoxy) is 1. The summed E-state index contributed by atoms with van der Waals surface area (Å²) in [5, 5.41) is 3.15. The van der Waals surface area contributed by atoms with Gasteiger partial charge in [-0.3, -0.25) is 4.79 Å². The zero-order valence-corrected chi connectivity index (χ0v) is 12.2. The fourth-order valence-corrected chi connectivity index (χ4v) is 3.56. The molecule has 1 aliphatic heterocycles. The first kappa shape index (κ1) is 13.7. The van der Waals surface area contributed by atoms with Crippen LogP contribution in [0.3, 0.4) is 0 Å². The fourth-order valence-electron chi connectivity index (χ4n) is 3.19. The summed E-state index contributed by atoms with van der Waals surface area (Å²) in [6.07, 6.45) is 4.81. The lowest BCUT2D eigenvalue weighted by molar-refractivity contribution is -0.128. The van der Waals surface area contributed by atoms with E-state index in [1.54, 1.807) is 0 Å². The molecule has 1 fully saturated rings. The highest BCUT2D eigenvalue weighted by Gasteiger charge is 2.32.